The number of ether oxygens (including phenoxy) is 1. The highest BCUT2D eigenvalue weighted by Crippen LogP contribution is 2.30. The Bertz CT molecular complexity index is 876. The lowest BCUT2D eigenvalue weighted by atomic mass is 10.1. The zero-order valence-corrected chi connectivity index (χ0v) is 12.7. The maximum absolute atomic E-state index is 12.8. The van der Waals surface area contributed by atoms with Crippen LogP contribution in [-0.4, -0.2) is 32.1 Å². The Labute approximate surface area is 134 Å². The highest BCUT2D eigenvalue weighted by molar-refractivity contribution is 5.71. The molecule has 124 valence electrons. The molecule has 0 spiro atoms. The molecular formula is C15H12F3N5O. The van der Waals surface area contributed by atoms with Crippen molar-refractivity contribution in [3.63, 3.8) is 0 Å². The van der Waals surface area contributed by atoms with Gasteiger partial charge < -0.3 is 4.74 Å². The zero-order valence-electron chi connectivity index (χ0n) is 12.7. The molecule has 0 bridgehead atoms. The number of halogens is 3. The third-order valence-corrected chi connectivity index (χ3v) is 3.31. The first-order valence-corrected chi connectivity index (χ1v) is 6.85. The first kappa shape index (κ1) is 15.9. The van der Waals surface area contributed by atoms with Gasteiger partial charge in [-0.2, -0.15) is 13.2 Å². The molecule has 3 aromatic rings. The van der Waals surface area contributed by atoms with Crippen LogP contribution in [0.1, 0.15) is 11.3 Å². The normalized spacial score (nSPS) is 11.5. The highest BCUT2D eigenvalue weighted by Gasteiger charge is 2.34. The lowest BCUT2D eigenvalue weighted by molar-refractivity contribution is -0.141. The summed E-state index contributed by atoms with van der Waals surface area (Å²) in [6, 6.07) is 6.83. The van der Waals surface area contributed by atoms with E-state index in [0.717, 1.165) is 16.4 Å². The van der Waals surface area contributed by atoms with Crippen molar-refractivity contribution in [3.05, 3.63) is 48.0 Å². The van der Waals surface area contributed by atoms with Crippen LogP contribution < -0.4 is 4.74 Å². The molecule has 0 aliphatic carbocycles. The maximum atomic E-state index is 12.8. The van der Waals surface area contributed by atoms with E-state index in [9.17, 15) is 13.2 Å². The third kappa shape index (κ3) is 3.05. The summed E-state index contributed by atoms with van der Waals surface area (Å²) in [4.78, 5) is 8.09. The number of aromatic nitrogens is 5. The van der Waals surface area contributed by atoms with Crippen molar-refractivity contribution in [1.82, 2.24) is 25.0 Å². The van der Waals surface area contributed by atoms with E-state index in [4.69, 9.17) is 4.74 Å². The van der Waals surface area contributed by atoms with E-state index in [1.165, 1.54) is 13.4 Å². The molecule has 0 aliphatic heterocycles. The smallest absolute Gasteiger partial charge is 0.436 e. The van der Waals surface area contributed by atoms with Crippen LogP contribution in [0.3, 0.4) is 0 Å². The van der Waals surface area contributed by atoms with Gasteiger partial charge in [0, 0.05) is 11.6 Å². The van der Waals surface area contributed by atoms with Gasteiger partial charge in [-0.25, -0.2) is 14.6 Å². The SMILES string of the molecule is COc1cc(-c2cc(C)ccc2-n2cc(C(F)(F)F)nn2)ncn1. The van der Waals surface area contributed by atoms with Gasteiger partial charge in [0.15, 0.2) is 5.69 Å². The molecule has 0 fully saturated rings. The number of hydrogen-bond acceptors (Lipinski definition) is 5. The molecule has 0 radical (unpaired) electrons. The molecule has 9 heteroatoms. The molecule has 0 unspecified atom stereocenters. The van der Waals surface area contributed by atoms with E-state index >= 15 is 0 Å². The van der Waals surface area contributed by atoms with Crippen molar-refractivity contribution in [3.8, 4) is 22.8 Å². The monoisotopic (exact) mass is 335 g/mol. The van der Waals surface area contributed by atoms with Gasteiger partial charge in [0.05, 0.1) is 24.7 Å². The van der Waals surface area contributed by atoms with Crippen molar-refractivity contribution in [2.24, 2.45) is 0 Å². The fourth-order valence-electron chi connectivity index (χ4n) is 2.16. The minimum Gasteiger partial charge on any atom is -0.481 e. The Balaban J connectivity index is 2.14. The number of methoxy groups -OCH3 is 1. The molecule has 0 saturated heterocycles. The molecule has 1 aromatic carbocycles. The van der Waals surface area contributed by atoms with Crippen LogP contribution in [0.4, 0.5) is 13.2 Å². The van der Waals surface area contributed by atoms with Crippen LogP contribution in [0.15, 0.2) is 36.8 Å². The van der Waals surface area contributed by atoms with E-state index in [-0.39, 0.29) is 0 Å². The summed E-state index contributed by atoms with van der Waals surface area (Å²) in [6.07, 6.45) is -2.39. The van der Waals surface area contributed by atoms with E-state index in [1.807, 2.05) is 6.92 Å². The highest BCUT2D eigenvalue weighted by atomic mass is 19.4. The van der Waals surface area contributed by atoms with Crippen LogP contribution in [0.5, 0.6) is 5.88 Å². The number of hydrogen-bond donors (Lipinski definition) is 0. The van der Waals surface area contributed by atoms with Crippen molar-refractivity contribution < 1.29 is 17.9 Å². The van der Waals surface area contributed by atoms with Crippen LogP contribution >= 0.6 is 0 Å². The van der Waals surface area contributed by atoms with Gasteiger partial charge in [0.1, 0.15) is 6.33 Å². The van der Waals surface area contributed by atoms with Gasteiger partial charge in [-0.1, -0.05) is 16.8 Å². The zero-order chi connectivity index (χ0) is 17.3. The minimum atomic E-state index is -4.55. The summed E-state index contributed by atoms with van der Waals surface area (Å²) >= 11 is 0. The van der Waals surface area contributed by atoms with Crippen molar-refractivity contribution in [2.45, 2.75) is 13.1 Å². The van der Waals surface area contributed by atoms with Gasteiger partial charge in [-0.15, -0.1) is 5.10 Å². The van der Waals surface area contributed by atoms with Gasteiger partial charge in [0.2, 0.25) is 5.88 Å². The Morgan fingerprint density at radius 3 is 2.58 bits per heavy atom. The predicted molar refractivity (Wildman–Crippen MR) is 78.7 cm³/mol. The number of nitrogens with zero attached hydrogens (tertiary/aromatic N) is 5. The Hall–Kier alpha value is -2.97. The summed E-state index contributed by atoms with van der Waals surface area (Å²) in [6.45, 7) is 1.87. The summed E-state index contributed by atoms with van der Waals surface area (Å²) in [5.74, 6) is 0.349. The summed E-state index contributed by atoms with van der Waals surface area (Å²) in [5, 5.41) is 6.77. The van der Waals surface area contributed by atoms with Crippen molar-refractivity contribution in [1.29, 1.82) is 0 Å². The van der Waals surface area contributed by atoms with Crippen LogP contribution in [0, 0.1) is 6.92 Å². The van der Waals surface area contributed by atoms with Gasteiger partial charge in [-0.05, 0) is 19.1 Å². The van der Waals surface area contributed by atoms with E-state index < -0.39 is 11.9 Å². The standard InChI is InChI=1S/C15H12F3N5O/c1-9-3-4-12(23-7-13(21-22-23)15(16,17)18)10(5-9)11-6-14(24-2)20-8-19-11/h3-8H,1-2H3. The molecule has 2 heterocycles. The van der Waals surface area contributed by atoms with Gasteiger partial charge in [-0.3, -0.25) is 0 Å². The van der Waals surface area contributed by atoms with Crippen molar-refractivity contribution in [2.75, 3.05) is 7.11 Å². The average molecular weight is 335 g/mol. The van der Waals surface area contributed by atoms with Gasteiger partial charge in [0.25, 0.3) is 0 Å². The quantitative estimate of drug-likeness (QED) is 0.736. The summed E-state index contributed by atoms with van der Waals surface area (Å²) in [5.41, 5.74) is 1.38. The maximum Gasteiger partial charge on any atom is 0.436 e. The Kier molecular flexibility index (Phi) is 3.92. The molecule has 0 aliphatic rings. The second-order valence-electron chi connectivity index (χ2n) is 5.01. The molecule has 0 amide bonds. The molecular weight excluding hydrogens is 323 g/mol. The van der Waals surface area contributed by atoms with Crippen LogP contribution in [-0.2, 0) is 6.18 Å². The topological polar surface area (TPSA) is 65.7 Å². The molecule has 0 atom stereocenters. The van der Waals surface area contributed by atoms with Crippen LogP contribution in [0.25, 0.3) is 16.9 Å². The van der Waals surface area contributed by atoms with Crippen LogP contribution in [0.2, 0.25) is 0 Å². The first-order valence-electron chi connectivity index (χ1n) is 6.85. The van der Waals surface area contributed by atoms with E-state index in [0.29, 0.717) is 22.8 Å². The largest absolute Gasteiger partial charge is 0.481 e. The first-order chi connectivity index (χ1) is 11.4. The molecule has 0 N–H and O–H groups in total. The molecule has 6 nitrogen and oxygen atoms in total. The number of alkyl halides is 3. The summed E-state index contributed by atoms with van der Waals surface area (Å²) < 4.78 is 44.4. The number of rotatable bonds is 3. The van der Waals surface area contributed by atoms with E-state index in [1.54, 1.807) is 24.3 Å². The lowest BCUT2D eigenvalue weighted by Gasteiger charge is -2.10. The second-order valence-corrected chi connectivity index (χ2v) is 5.01. The lowest BCUT2D eigenvalue weighted by Crippen LogP contribution is -2.05. The Morgan fingerprint density at radius 1 is 1.12 bits per heavy atom. The Morgan fingerprint density at radius 2 is 1.92 bits per heavy atom. The fraction of sp³-hybridized carbons (Fsp3) is 0.200. The molecule has 2 aromatic heterocycles. The van der Waals surface area contributed by atoms with Crippen molar-refractivity contribution >= 4 is 0 Å². The number of benzene rings is 1. The fourth-order valence-corrected chi connectivity index (χ4v) is 2.16. The second kappa shape index (κ2) is 5.91. The summed E-state index contributed by atoms with van der Waals surface area (Å²) in [7, 11) is 1.47. The minimum absolute atomic E-state index is 0.349. The number of aryl methyl sites for hydroxylation is 1. The molecule has 3 rings (SSSR count). The van der Waals surface area contributed by atoms with Gasteiger partial charge >= 0.3 is 6.18 Å². The average Bonchev–Trinajstić information content (AvgIpc) is 3.05. The third-order valence-electron chi connectivity index (χ3n) is 3.31. The molecule has 0 saturated carbocycles. The molecule has 24 heavy (non-hydrogen) atoms. The predicted octanol–water partition coefficient (Wildman–Crippen LogP) is 3.06. The van der Waals surface area contributed by atoms with E-state index in [2.05, 4.69) is 20.3 Å².